The van der Waals surface area contributed by atoms with E-state index >= 15 is 0 Å². The fourth-order valence-electron chi connectivity index (χ4n) is 9.93. The monoisotopic (exact) mass is 713 g/mol. The molecule has 8 aromatic carbocycles. The van der Waals surface area contributed by atoms with Crippen molar-refractivity contribution in [1.29, 1.82) is 0 Å². The summed E-state index contributed by atoms with van der Waals surface area (Å²) in [6, 6.07) is 55.4. The van der Waals surface area contributed by atoms with Gasteiger partial charge in [0.1, 0.15) is 0 Å². The third-order valence-corrected chi connectivity index (χ3v) is 12.3. The molecule has 0 radical (unpaired) electrons. The average Bonchev–Trinajstić information content (AvgIpc) is 3.27. The lowest BCUT2D eigenvalue weighted by Gasteiger charge is -2.24. The Kier molecular flexibility index (Phi) is 6.88. The number of aromatic nitrogens is 3. The van der Waals surface area contributed by atoms with Crippen molar-refractivity contribution in [2.75, 3.05) is 0 Å². The summed E-state index contributed by atoms with van der Waals surface area (Å²) in [6.07, 6.45) is 8.31. The van der Waals surface area contributed by atoms with Gasteiger partial charge in [0.15, 0.2) is 0 Å². The van der Waals surface area contributed by atoms with Crippen LogP contribution in [-0.4, -0.2) is 15.0 Å². The van der Waals surface area contributed by atoms with Gasteiger partial charge in [0, 0.05) is 39.5 Å². The minimum absolute atomic E-state index is 0.928. The van der Waals surface area contributed by atoms with Gasteiger partial charge in [-0.2, -0.15) is 0 Å². The van der Waals surface area contributed by atoms with Gasteiger partial charge in [0.05, 0.1) is 22.2 Å². The number of hydrogen-bond acceptors (Lipinski definition) is 3. The van der Waals surface area contributed by atoms with Crippen LogP contribution in [-0.2, 0) is 12.8 Å². The summed E-state index contributed by atoms with van der Waals surface area (Å²) < 4.78 is 0. The Morgan fingerprint density at radius 3 is 1.73 bits per heavy atom. The highest BCUT2D eigenvalue weighted by atomic mass is 14.7. The second-order valence-corrected chi connectivity index (χ2v) is 15.3. The van der Waals surface area contributed by atoms with Gasteiger partial charge in [-0.1, -0.05) is 133 Å². The number of rotatable bonds is 3. The predicted molar refractivity (Wildman–Crippen MR) is 235 cm³/mol. The van der Waals surface area contributed by atoms with Crippen LogP contribution < -0.4 is 0 Å². The highest BCUT2D eigenvalue weighted by molar-refractivity contribution is 6.26. The van der Waals surface area contributed by atoms with Gasteiger partial charge in [-0.25, -0.2) is 4.98 Å². The van der Waals surface area contributed by atoms with Crippen molar-refractivity contribution in [3.05, 3.63) is 175 Å². The van der Waals surface area contributed by atoms with Crippen molar-refractivity contribution in [2.45, 2.75) is 25.7 Å². The maximum atomic E-state index is 5.69. The highest BCUT2D eigenvalue weighted by Crippen LogP contribution is 2.47. The van der Waals surface area contributed by atoms with Gasteiger partial charge >= 0.3 is 0 Å². The quantitative estimate of drug-likeness (QED) is 0.135. The van der Waals surface area contributed by atoms with E-state index in [0.717, 1.165) is 45.9 Å². The molecule has 3 nitrogen and oxygen atoms in total. The molecule has 3 heterocycles. The Labute approximate surface area is 323 Å². The van der Waals surface area contributed by atoms with Crippen LogP contribution in [0.5, 0.6) is 0 Å². The maximum absolute atomic E-state index is 5.69. The molecule has 0 spiro atoms. The van der Waals surface area contributed by atoms with Gasteiger partial charge in [0.2, 0.25) is 0 Å². The zero-order valence-electron chi connectivity index (χ0n) is 30.8. The lowest BCUT2D eigenvalue weighted by atomic mass is 9.82. The van der Waals surface area contributed by atoms with Crippen LogP contribution in [0.15, 0.2) is 164 Å². The van der Waals surface area contributed by atoms with Gasteiger partial charge in [-0.15, -0.1) is 0 Å². The average molecular weight is 714 g/mol. The molecule has 262 valence electrons. The lowest BCUT2D eigenvalue weighted by Crippen LogP contribution is -2.08. The Hall–Kier alpha value is -6.97. The summed E-state index contributed by atoms with van der Waals surface area (Å²) in [4.78, 5) is 15.3. The molecule has 0 atom stereocenters. The van der Waals surface area contributed by atoms with E-state index in [1.807, 2.05) is 18.5 Å². The number of fused-ring (bicyclic) bond motifs is 13. The third kappa shape index (κ3) is 4.55. The Morgan fingerprint density at radius 2 is 0.982 bits per heavy atom. The van der Waals surface area contributed by atoms with E-state index in [-0.39, 0.29) is 0 Å². The molecule has 0 unspecified atom stereocenters. The van der Waals surface area contributed by atoms with E-state index in [9.17, 15) is 0 Å². The van der Waals surface area contributed by atoms with Crippen molar-refractivity contribution in [1.82, 2.24) is 15.0 Å². The Bertz CT molecular complexity index is 3380. The molecule has 12 rings (SSSR count). The minimum Gasteiger partial charge on any atom is -0.254 e. The zero-order valence-corrected chi connectivity index (χ0v) is 30.8. The molecule has 0 saturated carbocycles. The highest BCUT2D eigenvalue weighted by Gasteiger charge is 2.24. The molecule has 0 aliphatic heterocycles. The van der Waals surface area contributed by atoms with Gasteiger partial charge < -0.3 is 0 Å². The second kappa shape index (κ2) is 12.3. The smallest absolute Gasteiger partial charge is 0.0970 e. The molecular weight excluding hydrogens is 679 g/mol. The molecule has 3 heteroatoms. The fraction of sp³-hybridized carbons (Fsp3) is 0.0755. The Morgan fingerprint density at radius 1 is 0.375 bits per heavy atom. The maximum Gasteiger partial charge on any atom is 0.0970 e. The van der Waals surface area contributed by atoms with Crippen molar-refractivity contribution in [3.63, 3.8) is 0 Å². The first-order valence-corrected chi connectivity index (χ1v) is 19.7. The van der Waals surface area contributed by atoms with E-state index in [1.165, 1.54) is 100 Å². The first kappa shape index (κ1) is 31.4. The molecule has 3 aromatic heterocycles. The fourth-order valence-corrected chi connectivity index (χ4v) is 9.93. The normalized spacial score (nSPS) is 13.1. The third-order valence-electron chi connectivity index (χ3n) is 12.3. The summed E-state index contributed by atoms with van der Waals surface area (Å²) >= 11 is 0. The molecule has 0 N–H and O–H groups in total. The van der Waals surface area contributed by atoms with Crippen LogP contribution in [0.25, 0.3) is 109 Å². The number of pyridine rings is 3. The summed E-state index contributed by atoms with van der Waals surface area (Å²) in [5, 5.41) is 13.6. The Balaban J connectivity index is 1.13. The summed E-state index contributed by atoms with van der Waals surface area (Å²) in [5.41, 5.74) is 13.0. The van der Waals surface area contributed by atoms with E-state index in [4.69, 9.17) is 15.0 Å². The van der Waals surface area contributed by atoms with Crippen molar-refractivity contribution in [3.8, 4) is 33.5 Å². The first-order valence-electron chi connectivity index (χ1n) is 19.7. The number of aryl methyl sites for hydroxylation is 1. The summed E-state index contributed by atoms with van der Waals surface area (Å²) in [6.45, 7) is 0. The van der Waals surface area contributed by atoms with Gasteiger partial charge in [-0.05, 0) is 115 Å². The van der Waals surface area contributed by atoms with Gasteiger partial charge in [-0.3, -0.25) is 9.97 Å². The molecule has 0 bridgehead atoms. The SMILES string of the molecule is c1cc(-c2nc3c4ccccc4c4ccccc4c3c3c2CCCC3)cc(-c2c3ccccc3c(-c3ccnc4c3ccc3cccnc34)c3ccccc23)c1. The molecule has 0 saturated heterocycles. The summed E-state index contributed by atoms with van der Waals surface area (Å²) in [7, 11) is 0. The number of nitrogens with zero attached hydrogens (tertiary/aromatic N) is 3. The van der Waals surface area contributed by atoms with E-state index in [2.05, 4.69) is 146 Å². The van der Waals surface area contributed by atoms with Gasteiger partial charge in [0.25, 0.3) is 0 Å². The zero-order chi connectivity index (χ0) is 36.7. The van der Waals surface area contributed by atoms with E-state index in [1.54, 1.807) is 0 Å². The molecule has 0 fully saturated rings. The van der Waals surface area contributed by atoms with E-state index < -0.39 is 0 Å². The molecule has 1 aliphatic carbocycles. The number of benzene rings is 8. The largest absolute Gasteiger partial charge is 0.254 e. The van der Waals surface area contributed by atoms with Crippen molar-refractivity contribution in [2.24, 2.45) is 0 Å². The summed E-state index contributed by atoms with van der Waals surface area (Å²) in [5.74, 6) is 0. The molecule has 0 amide bonds. The predicted octanol–water partition coefficient (Wildman–Crippen LogP) is 13.8. The van der Waals surface area contributed by atoms with Crippen LogP contribution in [0.2, 0.25) is 0 Å². The topological polar surface area (TPSA) is 38.7 Å². The molecular formula is C53H35N3. The molecule has 11 aromatic rings. The van der Waals surface area contributed by atoms with Crippen LogP contribution >= 0.6 is 0 Å². The van der Waals surface area contributed by atoms with Crippen LogP contribution in [0.3, 0.4) is 0 Å². The second-order valence-electron chi connectivity index (χ2n) is 15.3. The molecule has 1 aliphatic rings. The first-order chi connectivity index (χ1) is 27.8. The minimum atomic E-state index is 0.928. The lowest BCUT2D eigenvalue weighted by molar-refractivity contribution is 0.689. The van der Waals surface area contributed by atoms with Crippen LogP contribution in [0.1, 0.15) is 24.0 Å². The van der Waals surface area contributed by atoms with E-state index in [0.29, 0.717) is 0 Å². The number of hydrogen-bond donors (Lipinski definition) is 0. The van der Waals surface area contributed by atoms with Crippen molar-refractivity contribution < 1.29 is 0 Å². The van der Waals surface area contributed by atoms with Crippen molar-refractivity contribution >= 4 is 75.8 Å². The molecule has 56 heavy (non-hydrogen) atoms. The van der Waals surface area contributed by atoms with Crippen LogP contribution in [0.4, 0.5) is 0 Å². The standard InChI is InChI=1S/C53H35N3/c1-3-18-37-35(16-1)36-17-2-9-24-44(36)52-49(37)42-23-8-10-25-45(42)50(56-52)34-14-11-13-33(31-34)47-38-19-4-6-21-40(38)48(41-22-7-5-20-39(41)47)43-28-30-55-53-46(43)27-26-32-15-12-29-54-51(32)53/h1-7,9,11-22,24,26-31H,8,10,23,25H2. The van der Waals surface area contributed by atoms with Crippen LogP contribution in [0, 0.1) is 0 Å².